The Kier molecular flexibility index (Phi) is 10.8. The lowest BCUT2D eigenvalue weighted by Gasteiger charge is -2.46. The van der Waals surface area contributed by atoms with E-state index in [9.17, 15) is 9.46 Å². The third kappa shape index (κ3) is 6.28. The van der Waals surface area contributed by atoms with Gasteiger partial charge in [-0.2, -0.15) is 0 Å². The highest BCUT2D eigenvalue weighted by Crippen LogP contribution is 2.69. The van der Waals surface area contributed by atoms with Gasteiger partial charge in [0.2, 0.25) is 5.16 Å². The lowest BCUT2D eigenvalue weighted by molar-refractivity contribution is -0.172. The fourth-order valence-electron chi connectivity index (χ4n) is 8.05. The van der Waals surface area contributed by atoms with Crippen LogP contribution < -0.4 is 33.3 Å². The molecule has 1 aliphatic carbocycles. The first kappa shape index (κ1) is 35.8. The number of ether oxygens (including phenoxy) is 6. The smallest absolute Gasteiger partial charge is 0.321 e. The van der Waals surface area contributed by atoms with Crippen molar-refractivity contribution < 1.29 is 37.9 Å². The van der Waals surface area contributed by atoms with Gasteiger partial charge in [-0.3, -0.25) is 0 Å². The van der Waals surface area contributed by atoms with Crippen molar-refractivity contribution in [1.82, 2.24) is 0 Å². The van der Waals surface area contributed by atoms with Crippen molar-refractivity contribution in [3.05, 3.63) is 120 Å². The molecule has 0 radical (unpaired) electrons. The van der Waals surface area contributed by atoms with E-state index in [0.717, 1.165) is 17.5 Å². The van der Waals surface area contributed by atoms with Crippen LogP contribution in [-0.2, 0) is 9.72 Å². The fourth-order valence-corrected chi connectivity index (χ4v) is 9.54. The second-order valence-electron chi connectivity index (χ2n) is 12.5. The second kappa shape index (κ2) is 15.5. The minimum atomic E-state index is -3.22. The minimum Gasteiger partial charge on any atom is -0.595 e. The highest BCUT2D eigenvalue weighted by Gasteiger charge is 2.62. The highest BCUT2D eigenvalue weighted by atomic mass is 31.1. The molecule has 0 aromatic heterocycles. The lowest BCUT2D eigenvalue weighted by atomic mass is 9.61. The van der Waals surface area contributed by atoms with Crippen LogP contribution in [0.2, 0.25) is 0 Å². The zero-order valence-electron chi connectivity index (χ0n) is 29.8. The van der Waals surface area contributed by atoms with Gasteiger partial charge in [-0.15, -0.1) is 0 Å². The van der Waals surface area contributed by atoms with Crippen molar-refractivity contribution in [2.24, 2.45) is 0 Å². The summed E-state index contributed by atoms with van der Waals surface area (Å²) in [5, 5.41) is -1.50. The van der Waals surface area contributed by atoms with E-state index in [1.807, 2.05) is 103 Å². The van der Waals surface area contributed by atoms with Crippen LogP contribution in [0.4, 0.5) is 0 Å². The van der Waals surface area contributed by atoms with Crippen molar-refractivity contribution in [2.75, 3.05) is 42.7 Å². The van der Waals surface area contributed by atoms with Crippen molar-refractivity contribution in [1.29, 1.82) is 0 Å². The first-order valence-corrected chi connectivity index (χ1v) is 18.0. The molecular weight excluding hydrogens is 663 g/mol. The molecule has 0 N–H and O–H groups in total. The van der Waals surface area contributed by atoms with E-state index in [-0.39, 0.29) is 0 Å². The predicted octanol–water partition coefficient (Wildman–Crippen LogP) is 9.12. The van der Waals surface area contributed by atoms with Crippen LogP contribution in [0.1, 0.15) is 47.8 Å². The molecule has 5 aromatic rings. The van der Waals surface area contributed by atoms with Crippen LogP contribution in [0.3, 0.4) is 0 Å². The zero-order chi connectivity index (χ0) is 36.1. The topological polar surface area (TPSA) is 95.5 Å². The second-order valence-corrected chi connectivity index (χ2v) is 13.7. The first-order valence-electron chi connectivity index (χ1n) is 16.9. The largest absolute Gasteiger partial charge is 0.595 e. The van der Waals surface area contributed by atoms with Crippen molar-refractivity contribution in [2.45, 2.75) is 36.3 Å². The molecule has 0 saturated heterocycles. The summed E-state index contributed by atoms with van der Waals surface area (Å²) in [7, 11) is 6.45. The van der Waals surface area contributed by atoms with Gasteiger partial charge in [-0.05, 0) is 83.6 Å². The SMILES string of the molecule is COc1ccc(C2CCCC(c3ccc(OC)cc3)C2(c2c(-c3c(OC)cccc3OC)cccc2-c2c(OC)cccc2OC)[P+](=O)[O-])cc1. The maximum atomic E-state index is 14.9. The van der Waals surface area contributed by atoms with E-state index in [1.54, 1.807) is 42.7 Å². The van der Waals surface area contributed by atoms with Gasteiger partial charge in [-0.25, -0.2) is 0 Å². The van der Waals surface area contributed by atoms with Gasteiger partial charge in [0.25, 0.3) is 0 Å². The molecule has 0 spiro atoms. The van der Waals surface area contributed by atoms with Gasteiger partial charge in [-0.1, -0.05) is 65.6 Å². The summed E-state index contributed by atoms with van der Waals surface area (Å²) in [4.78, 5) is 14.9. The molecule has 0 aliphatic heterocycles. The van der Waals surface area contributed by atoms with Gasteiger partial charge in [0.15, 0.2) is 0 Å². The Balaban J connectivity index is 1.84. The summed E-state index contributed by atoms with van der Waals surface area (Å²) >= 11 is 0. The number of hydrogen-bond acceptors (Lipinski definition) is 8. The summed E-state index contributed by atoms with van der Waals surface area (Å²) in [6.07, 6.45) is 2.07. The molecular formula is C42H43O8P. The van der Waals surface area contributed by atoms with Crippen LogP contribution >= 0.6 is 8.03 Å². The molecule has 1 aliphatic rings. The molecule has 6 rings (SSSR count). The van der Waals surface area contributed by atoms with E-state index in [0.29, 0.717) is 75.2 Å². The minimum absolute atomic E-state index is 0.466. The Morgan fingerprint density at radius 2 is 0.882 bits per heavy atom. The number of benzene rings is 5. The molecule has 8 nitrogen and oxygen atoms in total. The Hall–Kier alpha value is -5.04. The van der Waals surface area contributed by atoms with E-state index in [1.165, 1.54) is 0 Å². The molecule has 3 atom stereocenters. The van der Waals surface area contributed by atoms with Gasteiger partial charge in [0, 0.05) is 17.4 Å². The Bertz CT molecular complexity index is 1820. The van der Waals surface area contributed by atoms with E-state index < -0.39 is 25.0 Å². The zero-order valence-corrected chi connectivity index (χ0v) is 30.7. The summed E-state index contributed by atoms with van der Waals surface area (Å²) < 4.78 is 49.9. The van der Waals surface area contributed by atoms with Crippen molar-refractivity contribution in [3.63, 3.8) is 0 Å². The molecule has 264 valence electrons. The molecule has 9 heteroatoms. The Morgan fingerprint density at radius 3 is 1.20 bits per heavy atom. The van der Waals surface area contributed by atoms with Gasteiger partial charge in [0.05, 0.1) is 53.8 Å². The third-order valence-corrected chi connectivity index (χ3v) is 11.7. The summed E-state index contributed by atoms with van der Waals surface area (Å²) in [6.45, 7) is 0. The highest BCUT2D eigenvalue weighted by molar-refractivity contribution is 7.38. The standard InChI is InChI=1S/C42H43O8P/c1-45-29-23-19-27(20-24-29)33-13-8-14-34(28-21-25-30(46-2)26-22-28)42(33,51(43)44)41-31(39-35(47-3)15-9-16-36(39)48-4)11-7-12-32(41)40-37(49-5)17-10-18-38(40)50-6/h7,9-12,15-26,33-34H,8,13-14H2,1-6H3. The summed E-state index contributed by atoms with van der Waals surface area (Å²) in [6, 6.07) is 32.6. The molecule has 51 heavy (non-hydrogen) atoms. The first-order chi connectivity index (χ1) is 24.9. The van der Waals surface area contributed by atoms with Crippen LogP contribution in [0.5, 0.6) is 34.5 Å². The molecule has 1 fully saturated rings. The fraction of sp³-hybridized carbons (Fsp3) is 0.286. The number of rotatable bonds is 12. The monoisotopic (exact) mass is 706 g/mol. The molecule has 0 heterocycles. The maximum Gasteiger partial charge on any atom is 0.321 e. The Morgan fingerprint density at radius 1 is 0.529 bits per heavy atom. The lowest BCUT2D eigenvalue weighted by Crippen LogP contribution is -2.43. The average molecular weight is 707 g/mol. The van der Waals surface area contributed by atoms with Crippen LogP contribution in [0.15, 0.2) is 103 Å². The van der Waals surface area contributed by atoms with Crippen LogP contribution in [0.25, 0.3) is 22.3 Å². The average Bonchev–Trinajstić information content (AvgIpc) is 3.19. The molecule has 3 unspecified atom stereocenters. The Labute approximate surface area is 300 Å². The normalized spacial score (nSPS) is 18.8. The molecule has 5 aromatic carbocycles. The number of hydrogen-bond donors (Lipinski definition) is 0. The van der Waals surface area contributed by atoms with Crippen LogP contribution in [-0.4, -0.2) is 42.7 Å². The third-order valence-electron chi connectivity index (χ3n) is 10.2. The molecule has 0 bridgehead atoms. The molecule has 0 amide bonds. The van der Waals surface area contributed by atoms with E-state index in [2.05, 4.69) is 0 Å². The predicted molar refractivity (Wildman–Crippen MR) is 198 cm³/mol. The van der Waals surface area contributed by atoms with E-state index in [4.69, 9.17) is 28.4 Å². The van der Waals surface area contributed by atoms with Crippen molar-refractivity contribution in [3.8, 4) is 56.8 Å². The quantitative estimate of drug-likeness (QED) is 0.119. The van der Waals surface area contributed by atoms with Crippen LogP contribution in [0, 0.1) is 0 Å². The number of methoxy groups -OCH3 is 6. The van der Waals surface area contributed by atoms with E-state index >= 15 is 0 Å². The summed E-state index contributed by atoms with van der Waals surface area (Å²) in [5.41, 5.74) is 5.06. The molecule has 1 saturated carbocycles. The maximum absolute atomic E-state index is 14.9. The van der Waals surface area contributed by atoms with Gasteiger partial charge >= 0.3 is 8.03 Å². The van der Waals surface area contributed by atoms with Gasteiger partial charge < -0.3 is 33.3 Å². The summed E-state index contributed by atoms with van der Waals surface area (Å²) in [5.74, 6) is 2.65. The van der Waals surface area contributed by atoms with Gasteiger partial charge in [0.1, 0.15) is 34.5 Å². The van der Waals surface area contributed by atoms with Crippen molar-refractivity contribution >= 4 is 8.03 Å².